The highest BCUT2D eigenvalue weighted by atomic mass is 16.8. The molecule has 0 aromatic heterocycles. The zero-order valence-corrected chi connectivity index (χ0v) is 6.88. The maximum absolute atomic E-state index is 9.04. The molecule has 0 aromatic rings. The van der Waals surface area contributed by atoms with E-state index in [1.54, 1.807) is 0 Å². The van der Waals surface area contributed by atoms with Crippen LogP contribution in [0.1, 0.15) is 6.92 Å². The van der Waals surface area contributed by atoms with Crippen molar-refractivity contribution in [3.8, 4) is 0 Å². The van der Waals surface area contributed by atoms with Gasteiger partial charge in [0.2, 0.25) is 0 Å². The topological polar surface area (TPSA) is 82.5 Å². The van der Waals surface area contributed by atoms with Gasteiger partial charge in [0.15, 0.2) is 6.29 Å². The Balaban J connectivity index is 2.21. The molecule has 0 spiro atoms. The van der Waals surface area contributed by atoms with Crippen molar-refractivity contribution in [2.24, 2.45) is 0 Å². The third kappa shape index (κ3) is 2.40. The van der Waals surface area contributed by atoms with Crippen molar-refractivity contribution in [1.82, 2.24) is 0 Å². The van der Waals surface area contributed by atoms with Crippen LogP contribution in [0.4, 0.5) is 0 Å². The van der Waals surface area contributed by atoms with Crippen LogP contribution in [0.15, 0.2) is 0 Å². The van der Waals surface area contributed by atoms with E-state index in [1.807, 2.05) is 0 Å². The molecule has 0 amide bonds. The quantitative estimate of drug-likeness (QED) is 0.444. The minimum absolute atomic E-state index is 0.0946. The van der Waals surface area contributed by atoms with E-state index in [4.69, 9.17) is 24.8 Å². The smallest absolute Gasteiger partial charge is 0.187 e. The van der Waals surface area contributed by atoms with Crippen LogP contribution in [0.25, 0.3) is 0 Å². The molecule has 0 saturated carbocycles. The van der Waals surface area contributed by atoms with Crippen molar-refractivity contribution in [2.75, 3.05) is 13.2 Å². The Labute approximate surface area is 70.5 Å². The summed E-state index contributed by atoms with van der Waals surface area (Å²) in [5, 5.41) is 26.3. The fraction of sp³-hybridized carbons (Fsp3) is 1.00. The van der Waals surface area contributed by atoms with Gasteiger partial charge in [-0.1, -0.05) is 0 Å². The van der Waals surface area contributed by atoms with E-state index < -0.39 is 18.5 Å². The summed E-state index contributed by atoms with van der Waals surface area (Å²) < 4.78 is 9.95. The molecule has 0 bridgehead atoms. The highest BCUT2D eigenvalue weighted by Crippen LogP contribution is 2.24. The third-order valence-electron chi connectivity index (χ3n) is 1.74. The number of hydrogen-bond acceptors (Lipinski definition) is 5. The molecule has 0 aromatic carbocycles. The van der Waals surface area contributed by atoms with Crippen LogP contribution in [-0.2, 0) is 9.47 Å². The lowest BCUT2D eigenvalue weighted by Gasteiger charge is -2.16. The highest BCUT2D eigenvalue weighted by molar-refractivity contribution is 4.78. The van der Waals surface area contributed by atoms with Gasteiger partial charge in [0.1, 0.15) is 12.2 Å². The van der Waals surface area contributed by atoms with Crippen LogP contribution in [0.5, 0.6) is 0 Å². The highest BCUT2D eigenvalue weighted by Gasteiger charge is 2.41. The lowest BCUT2D eigenvalue weighted by atomic mass is 10.2. The molecule has 0 radical (unpaired) electrons. The summed E-state index contributed by atoms with van der Waals surface area (Å²) in [6.45, 7) is 1.18. The Kier molecular flexibility index (Phi) is 3.42. The van der Waals surface area contributed by atoms with Gasteiger partial charge in [0.05, 0.1) is 19.3 Å². The molecule has 12 heavy (non-hydrogen) atoms. The molecule has 1 rings (SSSR count). The Bertz CT molecular complexity index is 138. The van der Waals surface area contributed by atoms with E-state index in [9.17, 15) is 0 Å². The molecule has 3 N–H and O–H groups in total. The number of hydrogen-bond donors (Lipinski definition) is 3. The molecule has 1 aliphatic heterocycles. The lowest BCUT2D eigenvalue weighted by Crippen LogP contribution is -2.31. The first-order chi connectivity index (χ1) is 5.69. The van der Waals surface area contributed by atoms with Crippen LogP contribution in [0.3, 0.4) is 0 Å². The second kappa shape index (κ2) is 4.15. The molecule has 1 saturated heterocycles. The minimum Gasteiger partial charge on any atom is -0.394 e. The van der Waals surface area contributed by atoms with Gasteiger partial charge in [-0.2, -0.15) is 0 Å². The predicted octanol–water partition coefficient (Wildman–Crippen LogP) is -1.54. The summed E-state index contributed by atoms with van der Waals surface area (Å²) in [6, 6.07) is 0. The molecule has 72 valence electrons. The van der Waals surface area contributed by atoms with E-state index in [0.29, 0.717) is 0 Å². The van der Waals surface area contributed by atoms with E-state index in [1.165, 1.54) is 6.92 Å². The maximum atomic E-state index is 9.04. The molecule has 1 fully saturated rings. The number of epoxide rings is 1. The Morgan fingerprint density at radius 2 is 2.17 bits per heavy atom. The van der Waals surface area contributed by atoms with E-state index >= 15 is 0 Å². The first-order valence-electron chi connectivity index (χ1n) is 3.89. The lowest BCUT2D eigenvalue weighted by molar-refractivity contribution is -0.0899. The number of aliphatic hydroxyl groups is 3. The fourth-order valence-corrected chi connectivity index (χ4v) is 0.857. The molecule has 5 nitrogen and oxygen atoms in total. The normalized spacial score (nSPS) is 33.0. The zero-order valence-electron chi connectivity index (χ0n) is 6.88. The fourth-order valence-electron chi connectivity index (χ4n) is 0.857. The third-order valence-corrected chi connectivity index (χ3v) is 1.74. The average molecular weight is 178 g/mol. The maximum Gasteiger partial charge on any atom is 0.187 e. The SMILES string of the molecule is CC(O)C(CO)OC1OC1CO. The van der Waals surface area contributed by atoms with Crippen LogP contribution in [-0.4, -0.2) is 53.1 Å². The predicted molar refractivity (Wildman–Crippen MR) is 39.4 cm³/mol. The zero-order chi connectivity index (χ0) is 9.14. The van der Waals surface area contributed by atoms with Crippen LogP contribution >= 0.6 is 0 Å². The van der Waals surface area contributed by atoms with E-state index in [2.05, 4.69) is 0 Å². The minimum atomic E-state index is -0.737. The van der Waals surface area contributed by atoms with Crippen molar-refractivity contribution in [3.05, 3.63) is 0 Å². The molecule has 4 unspecified atom stereocenters. The molecule has 5 heteroatoms. The molecule has 1 aliphatic rings. The van der Waals surface area contributed by atoms with Gasteiger partial charge in [-0.25, -0.2) is 0 Å². The second-order valence-electron chi connectivity index (χ2n) is 2.82. The van der Waals surface area contributed by atoms with Gasteiger partial charge < -0.3 is 24.8 Å². The van der Waals surface area contributed by atoms with Crippen molar-refractivity contribution >= 4 is 0 Å². The monoisotopic (exact) mass is 178 g/mol. The Morgan fingerprint density at radius 1 is 1.50 bits per heavy atom. The molecular formula is C7H14O5. The molecule has 1 heterocycles. The summed E-state index contributed by atoms with van der Waals surface area (Å²) >= 11 is 0. The van der Waals surface area contributed by atoms with Gasteiger partial charge in [0, 0.05) is 0 Å². The standard InChI is InChI=1S/C7H14O5/c1-4(10)5(2-8)11-7-6(3-9)12-7/h4-10H,2-3H2,1H3. The number of rotatable bonds is 5. The van der Waals surface area contributed by atoms with Gasteiger partial charge in [0.25, 0.3) is 0 Å². The molecule has 0 aliphatic carbocycles. The van der Waals surface area contributed by atoms with Crippen LogP contribution < -0.4 is 0 Å². The molecule has 4 atom stereocenters. The Morgan fingerprint density at radius 3 is 2.50 bits per heavy atom. The van der Waals surface area contributed by atoms with Crippen molar-refractivity contribution in [1.29, 1.82) is 0 Å². The summed E-state index contributed by atoms with van der Waals surface area (Å²) in [6.07, 6.45) is -2.13. The van der Waals surface area contributed by atoms with Gasteiger partial charge >= 0.3 is 0 Å². The van der Waals surface area contributed by atoms with Crippen molar-refractivity contribution in [3.63, 3.8) is 0 Å². The summed E-state index contributed by atoms with van der Waals surface area (Å²) in [7, 11) is 0. The van der Waals surface area contributed by atoms with Gasteiger partial charge in [-0.05, 0) is 6.92 Å². The summed E-state index contributed by atoms with van der Waals surface area (Å²) in [5.74, 6) is 0. The summed E-state index contributed by atoms with van der Waals surface area (Å²) in [4.78, 5) is 0. The van der Waals surface area contributed by atoms with Crippen molar-refractivity contribution in [2.45, 2.75) is 31.5 Å². The largest absolute Gasteiger partial charge is 0.394 e. The molecular weight excluding hydrogens is 164 g/mol. The Hall–Kier alpha value is -0.200. The number of aliphatic hydroxyl groups excluding tert-OH is 3. The van der Waals surface area contributed by atoms with Crippen LogP contribution in [0, 0.1) is 0 Å². The first kappa shape index (κ1) is 9.88. The van der Waals surface area contributed by atoms with Crippen LogP contribution in [0.2, 0.25) is 0 Å². The van der Waals surface area contributed by atoms with E-state index in [-0.39, 0.29) is 19.3 Å². The van der Waals surface area contributed by atoms with Gasteiger partial charge in [-0.3, -0.25) is 0 Å². The first-order valence-corrected chi connectivity index (χ1v) is 3.89. The van der Waals surface area contributed by atoms with Gasteiger partial charge in [-0.15, -0.1) is 0 Å². The second-order valence-corrected chi connectivity index (χ2v) is 2.82. The van der Waals surface area contributed by atoms with Crippen molar-refractivity contribution < 1.29 is 24.8 Å². The number of ether oxygens (including phenoxy) is 2. The van der Waals surface area contributed by atoms with E-state index in [0.717, 1.165) is 0 Å². The average Bonchev–Trinajstić information content (AvgIpc) is 2.78. The summed E-state index contributed by atoms with van der Waals surface area (Å²) in [5.41, 5.74) is 0.